The average Bonchev–Trinajstić information content (AvgIpc) is 2.55. The third-order valence-corrected chi connectivity index (χ3v) is 4.02. The van der Waals surface area contributed by atoms with Crippen LogP contribution in [0.15, 0.2) is 12.1 Å². The number of nitrogens with two attached hydrogens (primary N) is 1. The van der Waals surface area contributed by atoms with Gasteiger partial charge in [-0.05, 0) is 49.6 Å². The lowest BCUT2D eigenvalue weighted by Crippen LogP contribution is -2.26. The van der Waals surface area contributed by atoms with E-state index in [1.54, 1.807) is 19.1 Å². The van der Waals surface area contributed by atoms with Crippen LogP contribution in [0.1, 0.15) is 43.2 Å². The molecule has 0 fully saturated rings. The first-order valence-corrected chi connectivity index (χ1v) is 8.19. The molecule has 0 heterocycles. The molecule has 2 N–H and O–H groups in total. The van der Waals surface area contributed by atoms with Gasteiger partial charge in [-0.15, -0.1) is 12.4 Å². The van der Waals surface area contributed by atoms with E-state index in [4.69, 9.17) is 15.2 Å². The quantitative estimate of drug-likeness (QED) is 0.652. The van der Waals surface area contributed by atoms with Crippen molar-refractivity contribution in [2.75, 3.05) is 27.8 Å². The molecule has 1 amide bonds. The summed E-state index contributed by atoms with van der Waals surface area (Å²) in [7, 11) is 5.09. The smallest absolute Gasteiger partial charge is 0.222 e. The summed E-state index contributed by atoms with van der Waals surface area (Å²) >= 11 is 0. The highest BCUT2D eigenvalue weighted by molar-refractivity contribution is 5.85. The van der Waals surface area contributed by atoms with Crippen molar-refractivity contribution in [1.29, 1.82) is 0 Å². The van der Waals surface area contributed by atoms with Gasteiger partial charge in [0.25, 0.3) is 0 Å². The zero-order chi connectivity index (χ0) is 17.2. The number of aryl methyl sites for hydroxylation is 1. The second-order valence-electron chi connectivity index (χ2n) is 5.84. The molecule has 0 bridgehead atoms. The maximum atomic E-state index is 12.2. The molecule has 0 aromatic heterocycles. The largest absolute Gasteiger partial charge is 0.493 e. The molecule has 0 aliphatic rings. The fourth-order valence-electron chi connectivity index (χ4n) is 2.50. The number of unbranched alkanes of at least 4 members (excludes halogenated alkanes) is 3. The number of carbonyl (C=O) groups excluding carboxylic acids is 1. The van der Waals surface area contributed by atoms with Crippen LogP contribution in [0.2, 0.25) is 0 Å². The van der Waals surface area contributed by atoms with E-state index in [1.165, 1.54) is 0 Å². The number of hydrogen-bond acceptors (Lipinski definition) is 4. The van der Waals surface area contributed by atoms with Crippen LogP contribution in [-0.2, 0) is 11.3 Å². The molecule has 6 heteroatoms. The van der Waals surface area contributed by atoms with Crippen LogP contribution in [0.25, 0.3) is 0 Å². The van der Waals surface area contributed by atoms with Crippen LogP contribution >= 0.6 is 12.4 Å². The Morgan fingerprint density at radius 2 is 1.67 bits per heavy atom. The molecule has 0 saturated carbocycles. The molecular formula is C18H31ClN2O3. The third-order valence-electron chi connectivity index (χ3n) is 4.02. The van der Waals surface area contributed by atoms with Gasteiger partial charge in [0.1, 0.15) is 0 Å². The number of ether oxygens (including phenoxy) is 2. The van der Waals surface area contributed by atoms with Crippen LogP contribution in [0.4, 0.5) is 0 Å². The normalized spacial score (nSPS) is 10.0. The van der Waals surface area contributed by atoms with Crippen molar-refractivity contribution in [2.24, 2.45) is 5.73 Å². The van der Waals surface area contributed by atoms with Crippen molar-refractivity contribution in [2.45, 2.75) is 45.6 Å². The number of hydrogen-bond donors (Lipinski definition) is 1. The minimum absolute atomic E-state index is 0. The summed E-state index contributed by atoms with van der Waals surface area (Å²) in [6.45, 7) is 3.32. The maximum absolute atomic E-state index is 12.2. The molecule has 1 aromatic rings. The van der Waals surface area contributed by atoms with Gasteiger partial charge in [0.05, 0.1) is 14.2 Å². The van der Waals surface area contributed by atoms with E-state index < -0.39 is 0 Å². The summed E-state index contributed by atoms with van der Waals surface area (Å²) in [6.07, 6.45) is 4.71. The molecule has 0 saturated heterocycles. The lowest BCUT2D eigenvalue weighted by Gasteiger charge is -2.20. The Bertz CT molecular complexity index is 509. The SMILES string of the molecule is COc1cc(C)c(CN(C)C(=O)CCCCCCN)cc1OC.Cl. The summed E-state index contributed by atoms with van der Waals surface area (Å²) in [6, 6.07) is 3.89. The van der Waals surface area contributed by atoms with Crippen molar-refractivity contribution in [1.82, 2.24) is 4.90 Å². The average molecular weight is 359 g/mol. The Kier molecular flexibility index (Phi) is 11.3. The van der Waals surface area contributed by atoms with Crippen LogP contribution < -0.4 is 15.2 Å². The highest BCUT2D eigenvalue weighted by atomic mass is 35.5. The number of carbonyl (C=O) groups is 1. The fourth-order valence-corrected chi connectivity index (χ4v) is 2.50. The number of nitrogens with zero attached hydrogens (tertiary/aromatic N) is 1. The van der Waals surface area contributed by atoms with Crippen LogP contribution in [0, 0.1) is 6.92 Å². The van der Waals surface area contributed by atoms with Crippen LogP contribution in [-0.4, -0.2) is 38.6 Å². The predicted molar refractivity (Wildman–Crippen MR) is 100 cm³/mol. The molecule has 0 spiro atoms. The van der Waals surface area contributed by atoms with Crippen molar-refractivity contribution >= 4 is 18.3 Å². The fraction of sp³-hybridized carbons (Fsp3) is 0.611. The summed E-state index contributed by atoms with van der Waals surface area (Å²) in [5, 5.41) is 0. The van der Waals surface area contributed by atoms with Gasteiger partial charge in [0.2, 0.25) is 5.91 Å². The third kappa shape index (κ3) is 6.97. The van der Waals surface area contributed by atoms with Gasteiger partial charge in [-0.2, -0.15) is 0 Å². The summed E-state index contributed by atoms with van der Waals surface area (Å²) < 4.78 is 10.6. The number of rotatable bonds is 10. The van der Waals surface area contributed by atoms with Gasteiger partial charge < -0.3 is 20.1 Å². The molecule has 0 radical (unpaired) electrons. The van der Waals surface area contributed by atoms with E-state index in [9.17, 15) is 4.79 Å². The number of amides is 1. The van der Waals surface area contributed by atoms with E-state index in [-0.39, 0.29) is 18.3 Å². The van der Waals surface area contributed by atoms with Gasteiger partial charge in [0.15, 0.2) is 11.5 Å². The molecule has 0 atom stereocenters. The molecule has 1 aromatic carbocycles. The number of benzene rings is 1. The molecule has 24 heavy (non-hydrogen) atoms. The highest BCUT2D eigenvalue weighted by Crippen LogP contribution is 2.30. The minimum Gasteiger partial charge on any atom is -0.493 e. The first-order chi connectivity index (χ1) is 11.0. The maximum Gasteiger partial charge on any atom is 0.222 e. The van der Waals surface area contributed by atoms with Crippen LogP contribution in [0.5, 0.6) is 11.5 Å². The second-order valence-corrected chi connectivity index (χ2v) is 5.84. The summed E-state index contributed by atoms with van der Waals surface area (Å²) in [5.74, 6) is 1.57. The van der Waals surface area contributed by atoms with Gasteiger partial charge in [-0.25, -0.2) is 0 Å². The van der Waals surface area contributed by atoms with E-state index in [0.29, 0.717) is 24.5 Å². The Morgan fingerprint density at radius 1 is 1.08 bits per heavy atom. The topological polar surface area (TPSA) is 64.8 Å². The molecule has 0 unspecified atom stereocenters. The van der Waals surface area contributed by atoms with Gasteiger partial charge in [-0.1, -0.05) is 12.8 Å². The van der Waals surface area contributed by atoms with Crippen LogP contribution in [0.3, 0.4) is 0 Å². The Balaban J connectivity index is 0.00000529. The molecule has 138 valence electrons. The molecule has 0 aliphatic heterocycles. The van der Waals surface area contributed by atoms with Crippen molar-refractivity contribution in [3.8, 4) is 11.5 Å². The lowest BCUT2D eigenvalue weighted by atomic mass is 10.1. The zero-order valence-corrected chi connectivity index (χ0v) is 16.1. The number of methoxy groups -OCH3 is 2. The monoisotopic (exact) mass is 358 g/mol. The minimum atomic E-state index is 0. The lowest BCUT2D eigenvalue weighted by molar-refractivity contribution is -0.130. The second kappa shape index (κ2) is 12.0. The van der Waals surface area contributed by atoms with Crippen molar-refractivity contribution in [3.63, 3.8) is 0 Å². The summed E-state index contributed by atoms with van der Waals surface area (Å²) in [5.41, 5.74) is 7.63. The van der Waals surface area contributed by atoms with E-state index in [2.05, 4.69) is 0 Å². The van der Waals surface area contributed by atoms with E-state index in [1.807, 2.05) is 26.1 Å². The van der Waals surface area contributed by atoms with E-state index in [0.717, 1.165) is 43.4 Å². The molecule has 1 rings (SSSR count). The zero-order valence-electron chi connectivity index (χ0n) is 15.3. The Labute approximate surface area is 151 Å². The first kappa shape index (κ1) is 22.5. The molecular weight excluding hydrogens is 328 g/mol. The summed E-state index contributed by atoms with van der Waals surface area (Å²) in [4.78, 5) is 14.0. The van der Waals surface area contributed by atoms with Crippen molar-refractivity contribution in [3.05, 3.63) is 23.3 Å². The number of halogens is 1. The standard InChI is InChI=1S/C18H30N2O3.ClH/c1-14-11-16(22-3)17(23-4)12-15(14)13-20(2)18(21)9-7-5-6-8-10-19;/h11-12H,5-10,13,19H2,1-4H3;1H. The first-order valence-electron chi connectivity index (χ1n) is 8.19. The van der Waals surface area contributed by atoms with E-state index >= 15 is 0 Å². The van der Waals surface area contributed by atoms with Gasteiger partial charge >= 0.3 is 0 Å². The molecule has 5 nitrogen and oxygen atoms in total. The van der Waals surface area contributed by atoms with Gasteiger partial charge in [-0.3, -0.25) is 4.79 Å². The van der Waals surface area contributed by atoms with Gasteiger partial charge in [0, 0.05) is 20.0 Å². The highest BCUT2D eigenvalue weighted by Gasteiger charge is 2.13. The molecule has 0 aliphatic carbocycles. The predicted octanol–water partition coefficient (Wildman–Crippen LogP) is 3.30. The Morgan fingerprint density at radius 3 is 2.25 bits per heavy atom. The Hall–Kier alpha value is -1.46. The van der Waals surface area contributed by atoms with Crippen molar-refractivity contribution < 1.29 is 14.3 Å².